The van der Waals surface area contributed by atoms with E-state index in [-0.39, 0.29) is 11.3 Å². The first kappa shape index (κ1) is 24.1. The van der Waals surface area contributed by atoms with Crippen molar-refractivity contribution in [1.82, 2.24) is 0 Å². The summed E-state index contributed by atoms with van der Waals surface area (Å²) in [6.45, 7) is 1.35. The Morgan fingerprint density at radius 1 is 1.04 bits per heavy atom. The zero-order chi connectivity index (χ0) is 20.2. The van der Waals surface area contributed by atoms with Crippen molar-refractivity contribution in [1.29, 1.82) is 0 Å². The van der Waals surface area contributed by atoms with Crippen LogP contribution in [0, 0.1) is 20.2 Å². The molecule has 140 valence electrons. The number of nitrogens with zero attached hydrogens (tertiary/aromatic N) is 2. The van der Waals surface area contributed by atoms with Gasteiger partial charge >= 0.3 is 0 Å². The summed E-state index contributed by atoms with van der Waals surface area (Å²) in [6, 6.07) is 3.15. The van der Waals surface area contributed by atoms with Crippen LogP contribution in [0.15, 0.2) is 24.3 Å². The molecule has 0 aliphatic rings. The van der Waals surface area contributed by atoms with Gasteiger partial charge in [-0.3, -0.25) is 29.8 Å². The molecule has 1 rings (SSSR count). The largest absolute Gasteiger partial charge is 0.481 e. The fourth-order valence-corrected chi connectivity index (χ4v) is 1.30. The van der Waals surface area contributed by atoms with Gasteiger partial charge in [-0.1, -0.05) is 0 Å². The van der Waals surface area contributed by atoms with Crippen LogP contribution in [-0.2, 0) is 9.59 Å². The number of non-ortho nitro benzene ring substituents is 1. The van der Waals surface area contributed by atoms with Crippen LogP contribution in [0.1, 0.15) is 25.5 Å². The maximum atomic E-state index is 10.5. The van der Waals surface area contributed by atoms with Crippen molar-refractivity contribution >= 4 is 17.6 Å². The molecule has 0 aliphatic carbocycles. The van der Waals surface area contributed by atoms with Gasteiger partial charge in [0.2, 0.25) is 0 Å². The Hall–Kier alpha value is -3.12. The quantitative estimate of drug-likeness (QED) is 0.420. The summed E-state index contributed by atoms with van der Waals surface area (Å²) in [5, 5.41) is 54.1. The van der Waals surface area contributed by atoms with E-state index < -0.39 is 40.5 Å². The monoisotopic (exact) mass is 362 g/mol. The van der Waals surface area contributed by atoms with Crippen LogP contribution in [0.4, 0.5) is 5.69 Å². The lowest BCUT2D eigenvalue weighted by atomic mass is 10.0. The van der Waals surface area contributed by atoms with Gasteiger partial charge in [-0.2, -0.15) is 0 Å². The van der Waals surface area contributed by atoms with Gasteiger partial charge in [0, 0.05) is 30.9 Å². The third-order valence-corrected chi connectivity index (χ3v) is 2.27. The minimum Gasteiger partial charge on any atom is -0.481 e. The number of benzene rings is 1. The molecule has 25 heavy (non-hydrogen) atoms. The normalized spacial score (nSPS) is 11.5. The molecule has 0 saturated heterocycles. The highest BCUT2D eigenvalue weighted by atomic mass is 16.6. The topological polar surface area (TPSA) is 201 Å². The molecule has 0 fully saturated rings. The molecule has 0 radical (unpaired) electrons. The lowest BCUT2D eigenvalue weighted by molar-refractivity contribution is -0.539. The van der Waals surface area contributed by atoms with Gasteiger partial charge < -0.3 is 20.4 Å². The van der Waals surface area contributed by atoms with Crippen LogP contribution < -0.4 is 0 Å². The fourth-order valence-electron chi connectivity index (χ4n) is 1.30. The molecule has 0 heterocycles. The van der Waals surface area contributed by atoms with Gasteiger partial charge in [0.05, 0.1) is 4.92 Å². The maximum absolute atomic E-state index is 10.5. The van der Waals surface area contributed by atoms with Crippen LogP contribution in [0.3, 0.4) is 0 Å². The molecule has 0 bridgehead atoms. The van der Waals surface area contributed by atoms with Gasteiger partial charge in [0.1, 0.15) is 12.7 Å². The number of rotatable bonds is 5. The van der Waals surface area contributed by atoms with Crippen molar-refractivity contribution < 1.29 is 39.9 Å². The van der Waals surface area contributed by atoms with E-state index in [1.165, 1.54) is 12.1 Å². The van der Waals surface area contributed by atoms with Gasteiger partial charge in [0.15, 0.2) is 0 Å². The van der Waals surface area contributed by atoms with E-state index in [0.717, 1.165) is 26.0 Å². The molecule has 12 heteroatoms. The molecule has 12 nitrogen and oxygen atoms in total. The zero-order valence-corrected chi connectivity index (χ0v) is 13.3. The number of carbonyl (C=O) groups is 2. The van der Waals surface area contributed by atoms with Crippen LogP contribution in [0.2, 0.25) is 0 Å². The summed E-state index contributed by atoms with van der Waals surface area (Å²) >= 11 is 0. The van der Waals surface area contributed by atoms with Crippen LogP contribution in [0.5, 0.6) is 0 Å². The Morgan fingerprint density at radius 2 is 1.40 bits per heavy atom. The van der Waals surface area contributed by atoms with Gasteiger partial charge in [-0.05, 0) is 17.7 Å². The highest BCUT2D eigenvalue weighted by molar-refractivity contribution is 5.63. The van der Waals surface area contributed by atoms with E-state index in [1.807, 2.05) is 0 Å². The van der Waals surface area contributed by atoms with Gasteiger partial charge in [-0.15, -0.1) is 0 Å². The predicted molar refractivity (Wildman–Crippen MR) is 82.5 cm³/mol. The van der Waals surface area contributed by atoms with Crippen molar-refractivity contribution in [2.75, 3.05) is 6.61 Å². The maximum Gasteiger partial charge on any atom is 0.300 e. The Morgan fingerprint density at radius 3 is 1.64 bits per heavy atom. The Bertz CT molecular complexity index is 567. The summed E-state index contributed by atoms with van der Waals surface area (Å²) < 4.78 is 0. The molecule has 0 amide bonds. The zero-order valence-electron chi connectivity index (χ0n) is 13.3. The molecule has 1 aromatic carbocycles. The average Bonchev–Trinajstić information content (AvgIpc) is 2.46. The Kier molecular flexibility index (Phi) is 11.9. The minimum absolute atomic E-state index is 0.145. The lowest BCUT2D eigenvalue weighted by Crippen LogP contribution is -2.31. The highest BCUT2D eigenvalue weighted by Gasteiger charge is 2.30. The standard InChI is InChI=1S/C9H10N2O6.2C2H4O2/c12-5-8(11(16)17)9(13)6-1-3-7(4-2-6)10(14)15;2*1-2(3)4/h1-4,8-9,12-13H,5H2;2*1H3,(H,3,4). The van der Waals surface area contributed by atoms with Crippen molar-refractivity contribution in [2.24, 2.45) is 0 Å². The molecule has 1 aromatic rings. The first-order chi connectivity index (χ1) is 11.4. The number of hydrogen-bond donors (Lipinski definition) is 4. The molecule has 2 atom stereocenters. The first-order valence-electron chi connectivity index (χ1n) is 6.49. The summed E-state index contributed by atoms with van der Waals surface area (Å²) in [5.41, 5.74) is -0.0334. The molecule has 0 spiro atoms. The van der Waals surface area contributed by atoms with E-state index in [2.05, 4.69) is 0 Å². The Balaban J connectivity index is 0. The molecular formula is C13H18N2O10. The molecule has 0 saturated carbocycles. The number of carboxylic acid groups (broad SMARTS) is 2. The van der Waals surface area contributed by atoms with Crippen molar-refractivity contribution in [3.05, 3.63) is 50.1 Å². The molecule has 0 aliphatic heterocycles. The van der Waals surface area contributed by atoms with Crippen LogP contribution in [-0.4, -0.2) is 54.9 Å². The van der Waals surface area contributed by atoms with E-state index in [0.29, 0.717) is 0 Å². The highest BCUT2D eigenvalue weighted by Crippen LogP contribution is 2.21. The summed E-state index contributed by atoms with van der Waals surface area (Å²) in [7, 11) is 0. The van der Waals surface area contributed by atoms with E-state index in [1.54, 1.807) is 0 Å². The van der Waals surface area contributed by atoms with Gasteiger partial charge in [-0.25, -0.2) is 0 Å². The SMILES string of the molecule is CC(=O)O.CC(=O)O.O=[N+]([O-])c1ccc(C(O)C(CO)[N+](=O)[O-])cc1. The number of nitro benzene ring substituents is 1. The Labute approximate surface area is 141 Å². The lowest BCUT2D eigenvalue weighted by Gasteiger charge is -2.13. The molecular weight excluding hydrogens is 344 g/mol. The first-order valence-corrected chi connectivity index (χ1v) is 6.49. The van der Waals surface area contributed by atoms with Crippen LogP contribution >= 0.6 is 0 Å². The number of aliphatic carboxylic acids is 2. The number of aliphatic hydroxyl groups is 2. The van der Waals surface area contributed by atoms with E-state index in [4.69, 9.17) is 24.9 Å². The average molecular weight is 362 g/mol. The molecule has 0 aromatic heterocycles. The van der Waals surface area contributed by atoms with Crippen molar-refractivity contribution in [3.8, 4) is 0 Å². The second kappa shape index (κ2) is 12.3. The summed E-state index contributed by atoms with van der Waals surface area (Å²) in [6.07, 6.45) is -1.50. The second-order valence-corrected chi connectivity index (χ2v) is 4.37. The molecule has 4 N–H and O–H groups in total. The van der Waals surface area contributed by atoms with Crippen molar-refractivity contribution in [3.63, 3.8) is 0 Å². The van der Waals surface area contributed by atoms with E-state index >= 15 is 0 Å². The molecule has 2 unspecified atom stereocenters. The second-order valence-electron chi connectivity index (χ2n) is 4.37. The summed E-state index contributed by atoms with van der Waals surface area (Å²) in [4.78, 5) is 37.5. The van der Waals surface area contributed by atoms with Crippen LogP contribution in [0.25, 0.3) is 0 Å². The number of aliphatic hydroxyl groups excluding tert-OH is 2. The minimum atomic E-state index is -1.54. The van der Waals surface area contributed by atoms with Crippen molar-refractivity contribution in [2.45, 2.75) is 26.0 Å². The summed E-state index contributed by atoms with van der Waals surface area (Å²) in [5.74, 6) is -1.67. The smallest absolute Gasteiger partial charge is 0.300 e. The van der Waals surface area contributed by atoms with Gasteiger partial charge in [0.25, 0.3) is 23.7 Å². The fraction of sp³-hybridized carbons (Fsp3) is 0.385. The van der Waals surface area contributed by atoms with E-state index in [9.17, 15) is 25.3 Å². The third-order valence-electron chi connectivity index (χ3n) is 2.27. The number of hydrogen-bond acceptors (Lipinski definition) is 8. The predicted octanol–water partition coefficient (Wildman–Crippen LogP) is 0.448. The number of carboxylic acids is 2. The third kappa shape index (κ3) is 12.0. The number of nitro groups is 2.